The third kappa shape index (κ3) is 3.89. The van der Waals surface area contributed by atoms with E-state index in [1.807, 2.05) is 19.1 Å². The molecule has 0 radical (unpaired) electrons. The molecule has 0 saturated carbocycles. The Morgan fingerprint density at radius 2 is 1.83 bits per heavy atom. The van der Waals surface area contributed by atoms with E-state index in [1.165, 1.54) is 0 Å². The van der Waals surface area contributed by atoms with Crippen LogP contribution in [0.2, 0.25) is 5.02 Å². The Labute approximate surface area is 146 Å². The van der Waals surface area contributed by atoms with Gasteiger partial charge in [-0.3, -0.25) is 0 Å². The van der Waals surface area contributed by atoms with Gasteiger partial charge < -0.3 is 14.7 Å². The average molecular weight is 346 g/mol. The van der Waals surface area contributed by atoms with E-state index in [1.54, 1.807) is 30.3 Å². The number of hydrogen-bond acceptors (Lipinski definition) is 4. The van der Waals surface area contributed by atoms with Gasteiger partial charge >= 0.3 is 5.97 Å². The fourth-order valence-corrected chi connectivity index (χ4v) is 3.05. The van der Waals surface area contributed by atoms with Crippen LogP contribution in [0.3, 0.4) is 0 Å². The molecular weight excluding hydrogens is 326 g/mol. The molecule has 1 N–H and O–H groups in total. The second kappa shape index (κ2) is 7.24. The predicted molar refractivity (Wildman–Crippen MR) is 95.0 cm³/mol. The molecule has 1 fully saturated rings. The summed E-state index contributed by atoms with van der Waals surface area (Å²) in [5, 5.41) is 10.2. The molecule has 2 aromatic rings. The van der Waals surface area contributed by atoms with Crippen LogP contribution >= 0.6 is 11.6 Å². The van der Waals surface area contributed by atoms with Gasteiger partial charge in [-0.15, -0.1) is 0 Å². The van der Waals surface area contributed by atoms with Crippen molar-refractivity contribution in [3.63, 3.8) is 0 Å². The number of rotatable bonds is 3. The molecule has 0 spiro atoms. The lowest BCUT2D eigenvalue weighted by Crippen LogP contribution is -2.35. The quantitative estimate of drug-likeness (QED) is 0.678. The summed E-state index contributed by atoms with van der Waals surface area (Å²) in [5.74, 6) is 0.125. The summed E-state index contributed by atoms with van der Waals surface area (Å²) < 4.78 is 5.44. The number of halogens is 1. The summed E-state index contributed by atoms with van der Waals surface area (Å²) in [5.41, 5.74) is 2.38. The summed E-state index contributed by atoms with van der Waals surface area (Å²) in [6.45, 7) is 3.51. The molecule has 0 amide bonds. The highest BCUT2D eigenvalue weighted by Gasteiger charge is 2.18. The smallest absolute Gasteiger partial charge is 0.343 e. The van der Waals surface area contributed by atoms with E-state index >= 15 is 0 Å². The number of ether oxygens (including phenoxy) is 1. The minimum Gasteiger partial charge on any atom is -0.423 e. The standard InChI is InChI=1S/C19H20ClNO3/c1-13-12-15(20)4-7-18(13)24-19(23)14-2-5-16(6-3-14)21-10-8-17(22)9-11-21/h2-7,12,17,22H,8-11H2,1H3. The van der Waals surface area contributed by atoms with E-state index in [-0.39, 0.29) is 12.1 Å². The van der Waals surface area contributed by atoms with Gasteiger partial charge in [0.2, 0.25) is 0 Å². The Kier molecular flexibility index (Phi) is 5.07. The van der Waals surface area contributed by atoms with Crippen molar-refractivity contribution in [3.05, 3.63) is 58.6 Å². The molecule has 24 heavy (non-hydrogen) atoms. The van der Waals surface area contributed by atoms with Crippen molar-refractivity contribution >= 4 is 23.3 Å². The number of aryl methyl sites for hydroxylation is 1. The largest absolute Gasteiger partial charge is 0.423 e. The van der Waals surface area contributed by atoms with Crippen LogP contribution in [0.1, 0.15) is 28.8 Å². The number of anilines is 1. The van der Waals surface area contributed by atoms with Crippen molar-refractivity contribution in [3.8, 4) is 5.75 Å². The lowest BCUT2D eigenvalue weighted by atomic mass is 10.1. The fourth-order valence-electron chi connectivity index (χ4n) is 2.82. The molecule has 0 atom stereocenters. The zero-order chi connectivity index (χ0) is 17.1. The molecule has 5 heteroatoms. The van der Waals surface area contributed by atoms with Crippen molar-refractivity contribution in [2.75, 3.05) is 18.0 Å². The highest BCUT2D eigenvalue weighted by atomic mass is 35.5. The number of aliphatic hydroxyl groups is 1. The number of aliphatic hydroxyl groups excluding tert-OH is 1. The molecule has 1 aliphatic rings. The fraction of sp³-hybridized carbons (Fsp3) is 0.316. The lowest BCUT2D eigenvalue weighted by Gasteiger charge is -2.31. The van der Waals surface area contributed by atoms with Gasteiger partial charge in [-0.1, -0.05) is 11.6 Å². The monoisotopic (exact) mass is 345 g/mol. The summed E-state index contributed by atoms with van der Waals surface area (Å²) in [6.07, 6.45) is 1.36. The topological polar surface area (TPSA) is 49.8 Å². The zero-order valence-corrected chi connectivity index (χ0v) is 14.3. The van der Waals surface area contributed by atoms with Crippen LogP contribution in [-0.4, -0.2) is 30.3 Å². The normalized spacial score (nSPS) is 15.4. The molecule has 0 bridgehead atoms. The molecule has 3 rings (SSSR count). The first-order valence-electron chi connectivity index (χ1n) is 8.04. The first-order chi connectivity index (χ1) is 11.5. The Morgan fingerprint density at radius 3 is 2.46 bits per heavy atom. The summed E-state index contributed by atoms with van der Waals surface area (Å²) >= 11 is 5.91. The Morgan fingerprint density at radius 1 is 1.17 bits per heavy atom. The van der Waals surface area contributed by atoms with E-state index in [9.17, 15) is 9.90 Å². The number of nitrogens with zero attached hydrogens (tertiary/aromatic N) is 1. The van der Waals surface area contributed by atoms with E-state index in [2.05, 4.69) is 4.90 Å². The summed E-state index contributed by atoms with van der Waals surface area (Å²) in [6, 6.07) is 12.5. The number of hydrogen-bond donors (Lipinski definition) is 1. The third-order valence-corrected chi connectivity index (χ3v) is 4.51. The Bertz CT molecular complexity index is 722. The second-order valence-corrected chi connectivity index (χ2v) is 6.50. The van der Waals surface area contributed by atoms with Crippen molar-refractivity contribution in [1.82, 2.24) is 0 Å². The maximum atomic E-state index is 12.3. The van der Waals surface area contributed by atoms with E-state index in [4.69, 9.17) is 16.3 Å². The van der Waals surface area contributed by atoms with E-state index < -0.39 is 0 Å². The molecule has 2 aromatic carbocycles. The number of benzene rings is 2. The minimum atomic E-state index is -0.388. The Balaban J connectivity index is 1.67. The maximum absolute atomic E-state index is 12.3. The molecule has 126 valence electrons. The third-order valence-electron chi connectivity index (χ3n) is 4.27. The predicted octanol–water partition coefficient (Wildman–Crippen LogP) is 3.83. The van der Waals surface area contributed by atoms with Crippen molar-refractivity contribution in [1.29, 1.82) is 0 Å². The van der Waals surface area contributed by atoms with Crippen LogP contribution in [0, 0.1) is 6.92 Å². The molecule has 0 aliphatic carbocycles. The molecule has 4 nitrogen and oxygen atoms in total. The van der Waals surface area contributed by atoms with Gasteiger partial charge in [0.1, 0.15) is 5.75 Å². The van der Waals surface area contributed by atoms with Crippen LogP contribution in [0.15, 0.2) is 42.5 Å². The maximum Gasteiger partial charge on any atom is 0.343 e. The van der Waals surface area contributed by atoms with Crippen LogP contribution in [0.5, 0.6) is 5.75 Å². The number of esters is 1. The Hall–Kier alpha value is -2.04. The number of piperidine rings is 1. The lowest BCUT2D eigenvalue weighted by molar-refractivity contribution is 0.0733. The van der Waals surface area contributed by atoms with Crippen LogP contribution in [0.4, 0.5) is 5.69 Å². The van der Waals surface area contributed by atoms with Gasteiger partial charge in [0.15, 0.2) is 0 Å². The number of carbonyl (C=O) groups is 1. The highest BCUT2D eigenvalue weighted by Crippen LogP contribution is 2.24. The van der Waals surface area contributed by atoms with Crippen molar-refractivity contribution in [2.45, 2.75) is 25.9 Å². The van der Waals surface area contributed by atoms with Crippen molar-refractivity contribution < 1.29 is 14.6 Å². The number of carbonyl (C=O) groups excluding carboxylic acids is 1. The summed E-state index contributed by atoms with van der Waals surface area (Å²) in [7, 11) is 0. The van der Waals surface area contributed by atoms with E-state index in [0.717, 1.165) is 37.2 Å². The molecule has 0 aromatic heterocycles. The van der Waals surface area contributed by atoms with Crippen LogP contribution in [-0.2, 0) is 0 Å². The van der Waals surface area contributed by atoms with Gasteiger partial charge in [-0.2, -0.15) is 0 Å². The van der Waals surface area contributed by atoms with Gasteiger partial charge in [0.25, 0.3) is 0 Å². The molecule has 1 aliphatic heterocycles. The summed E-state index contributed by atoms with van der Waals surface area (Å²) in [4.78, 5) is 14.5. The van der Waals surface area contributed by atoms with Gasteiger partial charge in [0, 0.05) is 23.8 Å². The minimum absolute atomic E-state index is 0.196. The zero-order valence-electron chi connectivity index (χ0n) is 13.5. The van der Waals surface area contributed by atoms with Crippen LogP contribution in [0.25, 0.3) is 0 Å². The molecule has 1 saturated heterocycles. The second-order valence-electron chi connectivity index (χ2n) is 6.06. The first kappa shape index (κ1) is 16.8. The molecular formula is C19H20ClNO3. The SMILES string of the molecule is Cc1cc(Cl)ccc1OC(=O)c1ccc(N2CCC(O)CC2)cc1. The first-order valence-corrected chi connectivity index (χ1v) is 8.42. The molecule has 1 heterocycles. The van der Waals surface area contributed by atoms with E-state index in [0.29, 0.717) is 16.3 Å². The molecule has 0 unspecified atom stereocenters. The van der Waals surface area contributed by atoms with Crippen molar-refractivity contribution in [2.24, 2.45) is 0 Å². The highest BCUT2D eigenvalue weighted by molar-refractivity contribution is 6.30. The average Bonchev–Trinajstić information content (AvgIpc) is 2.58. The van der Waals surface area contributed by atoms with Gasteiger partial charge in [0.05, 0.1) is 11.7 Å². The van der Waals surface area contributed by atoms with Crippen LogP contribution < -0.4 is 9.64 Å². The van der Waals surface area contributed by atoms with Gasteiger partial charge in [-0.25, -0.2) is 4.79 Å². The van der Waals surface area contributed by atoms with Gasteiger partial charge in [-0.05, 0) is 67.8 Å².